The van der Waals surface area contributed by atoms with Crippen LogP contribution in [0.5, 0.6) is 0 Å². The molecule has 1 heterocycles. The minimum absolute atomic E-state index is 0.208. The van der Waals surface area contributed by atoms with E-state index >= 15 is 0 Å². The summed E-state index contributed by atoms with van der Waals surface area (Å²) in [5, 5.41) is 0. The Hall–Kier alpha value is -1.25. The summed E-state index contributed by atoms with van der Waals surface area (Å²) in [6, 6.07) is 0. The molecule has 0 bridgehead atoms. The van der Waals surface area contributed by atoms with Crippen LogP contribution < -0.4 is 0 Å². The van der Waals surface area contributed by atoms with Crippen molar-refractivity contribution in [2.75, 3.05) is 0 Å². The van der Waals surface area contributed by atoms with Crippen molar-refractivity contribution in [3.8, 4) is 0 Å². The fourth-order valence-corrected chi connectivity index (χ4v) is 1.76. The van der Waals surface area contributed by atoms with Gasteiger partial charge in [-0.1, -0.05) is 6.92 Å². The van der Waals surface area contributed by atoms with Crippen LogP contribution in [0.1, 0.15) is 48.1 Å². The minimum Gasteiger partial charge on any atom is -0.294 e. The highest BCUT2D eigenvalue weighted by Gasteiger charge is 2.17. The molecule has 1 aliphatic rings. The molecule has 3 nitrogen and oxygen atoms in total. The number of carbonyl (C=O) groups is 1. The maximum atomic E-state index is 11.6. The Morgan fingerprint density at radius 1 is 1.36 bits per heavy atom. The lowest BCUT2D eigenvalue weighted by Gasteiger charge is -2.04. The SMILES string of the molecule is CCc1ncc2c(n1)CCCCC2=O. The zero-order valence-corrected chi connectivity index (χ0v) is 8.42. The molecule has 0 aliphatic heterocycles. The van der Waals surface area contributed by atoms with Gasteiger partial charge in [-0.15, -0.1) is 0 Å². The number of aryl methyl sites for hydroxylation is 2. The largest absolute Gasteiger partial charge is 0.294 e. The second-order valence-corrected chi connectivity index (χ2v) is 3.63. The first-order valence-electron chi connectivity index (χ1n) is 5.19. The van der Waals surface area contributed by atoms with Crippen molar-refractivity contribution < 1.29 is 4.79 Å². The molecule has 1 aromatic rings. The predicted molar refractivity (Wildman–Crippen MR) is 53.3 cm³/mol. The van der Waals surface area contributed by atoms with Gasteiger partial charge in [0.1, 0.15) is 5.82 Å². The number of aromatic nitrogens is 2. The Kier molecular flexibility index (Phi) is 2.57. The summed E-state index contributed by atoms with van der Waals surface area (Å²) in [6.45, 7) is 2.03. The number of hydrogen-bond acceptors (Lipinski definition) is 3. The van der Waals surface area contributed by atoms with Crippen LogP contribution in [0, 0.1) is 0 Å². The maximum absolute atomic E-state index is 11.6. The molecule has 0 spiro atoms. The number of carbonyl (C=O) groups excluding carboxylic acids is 1. The zero-order chi connectivity index (χ0) is 9.97. The zero-order valence-electron chi connectivity index (χ0n) is 8.42. The van der Waals surface area contributed by atoms with Crippen LogP contribution in [0.2, 0.25) is 0 Å². The van der Waals surface area contributed by atoms with Crippen LogP contribution in [0.4, 0.5) is 0 Å². The molecule has 1 aromatic heterocycles. The summed E-state index contributed by atoms with van der Waals surface area (Å²) >= 11 is 0. The van der Waals surface area contributed by atoms with Crippen LogP contribution in [-0.4, -0.2) is 15.8 Å². The molecule has 0 amide bonds. The third kappa shape index (κ3) is 1.67. The second-order valence-electron chi connectivity index (χ2n) is 3.63. The molecular weight excluding hydrogens is 176 g/mol. The molecular formula is C11H14N2O. The number of fused-ring (bicyclic) bond motifs is 1. The number of rotatable bonds is 1. The molecule has 74 valence electrons. The van der Waals surface area contributed by atoms with Crippen molar-refractivity contribution in [3.05, 3.63) is 23.3 Å². The molecule has 0 saturated heterocycles. The van der Waals surface area contributed by atoms with Crippen molar-refractivity contribution in [1.29, 1.82) is 0 Å². The lowest BCUT2D eigenvalue weighted by Crippen LogP contribution is -2.06. The van der Waals surface area contributed by atoms with Crippen LogP contribution in [0.25, 0.3) is 0 Å². The van der Waals surface area contributed by atoms with Gasteiger partial charge in [0.05, 0.1) is 11.3 Å². The number of ketones is 1. The first-order chi connectivity index (χ1) is 6.81. The lowest BCUT2D eigenvalue weighted by atomic mass is 10.1. The molecule has 0 N–H and O–H groups in total. The average Bonchev–Trinajstić information content (AvgIpc) is 2.40. The molecule has 0 atom stereocenters. The van der Waals surface area contributed by atoms with E-state index < -0.39 is 0 Å². The van der Waals surface area contributed by atoms with Gasteiger partial charge in [-0.2, -0.15) is 0 Å². The monoisotopic (exact) mass is 190 g/mol. The topological polar surface area (TPSA) is 42.9 Å². The highest BCUT2D eigenvalue weighted by Crippen LogP contribution is 2.18. The van der Waals surface area contributed by atoms with Crippen LogP contribution in [0.15, 0.2) is 6.20 Å². The molecule has 3 heteroatoms. The van der Waals surface area contributed by atoms with Gasteiger partial charge in [-0.05, 0) is 19.3 Å². The van der Waals surface area contributed by atoms with Crippen LogP contribution in [0.3, 0.4) is 0 Å². The van der Waals surface area contributed by atoms with E-state index in [-0.39, 0.29) is 5.78 Å². The second kappa shape index (κ2) is 3.86. The summed E-state index contributed by atoms with van der Waals surface area (Å²) < 4.78 is 0. The van der Waals surface area contributed by atoms with E-state index in [1.54, 1.807) is 6.20 Å². The Morgan fingerprint density at radius 3 is 2.93 bits per heavy atom. The highest BCUT2D eigenvalue weighted by atomic mass is 16.1. The van der Waals surface area contributed by atoms with E-state index in [2.05, 4.69) is 9.97 Å². The van der Waals surface area contributed by atoms with E-state index in [1.807, 2.05) is 6.92 Å². The van der Waals surface area contributed by atoms with Gasteiger partial charge < -0.3 is 0 Å². The molecule has 0 radical (unpaired) electrons. The molecule has 0 saturated carbocycles. The van der Waals surface area contributed by atoms with Crippen LogP contribution in [-0.2, 0) is 12.8 Å². The highest BCUT2D eigenvalue weighted by molar-refractivity contribution is 5.97. The predicted octanol–water partition coefficient (Wildman–Crippen LogP) is 1.95. The van der Waals surface area contributed by atoms with Crippen molar-refractivity contribution in [2.45, 2.75) is 39.0 Å². The van der Waals surface area contributed by atoms with Gasteiger partial charge in [-0.25, -0.2) is 9.97 Å². The fourth-order valence-electron chi connectivity index (χ4n) is 1.76. The summed E-state index contributed by atoms with van der Waals surface area (Å²) in [7, 11) is 0. The van der Waals surface area contributed by atoms with Gasteiger partial charge in [-0.3, -0.25) is 4.79 Å². The van der Waals surface area contributed by atoms with Gasteiger partial charge in [0.15, 0.2) is 5.78 Å². The van der Waals surface area contributed by atoms with E-state index in [1.165, 1.54) is 0 Å². The van der Waals surface area contributed by atoms with Gasteiger partial charge in [0.2, 0.25) is 0 Å². The number of nitrogens with zero attached hydrogens (tertiary/aromatic N) is 2. The van der Waals surface area contributed by atoms with Crippen molar-refractivity contribution in [2.24, 2.45) is 0 Å². The van der Waals surface area contributed by atoms with Crippen molar-refractivity contribution in [3.63, 3.8) is 0 Å². The molecule has 0 unspecified atom stereocenters. The van der Waals surface area contributed by atoms with E-state index in [9.17, 15) is 4.79 Å². The number of Topliss-reactive ketones (excluding diaryl/α,β-unsaturated/α-hetero) is 1. The molecule has 2 rings (SSSR count). The lowest BCUT2D eigenvalue weighted by molar-refractivity contribution is 0.0981. The van der Waals surface area contributed by atoms with E-state index in [0.29, 0.717) is 6.42 Å². The first kappa shape index (κ1) is 9.31. The summed E-state index contributed by atoms with van der Waals surface area (Å²) in [5.41, 5.74) is 1.71. The van der Waals surface area contributed by atoms with Gasteiger partial charge in [0, 0.05) is 19.0 Å². The van der Waals surface area contributed by atoms with E-state index in [4.69, 9.17) is 0 Å². The summed E-state index contributed by atoms with van der Waals surface area (Å²) in [5.74, 6) is 1.05. The molecule has 1 aliphatic carbocycles. The Balaban J connectivity index is 2.43. The maximum Gasteiger partial charge on any atom is 0.166 e. The Bertz CT molecular complexity index is 360. The smallest absolute Gasteiger partial charge is 0.166 e. The number of hydrogen-bond donors (Lipinski definition) is 0. The standard InChI is InChI=1S/C11H14N2O/c1-2-11-12-7-8-9(13-11)5-3-4-6-10(8)14/h7H,2-6H2,1H3. The molecule has 0 fully saturated rings. The summed E-state index contributed by atoms with van der Waals surface area (Å²) in [4.78, 5) is 20.2. The normalized spacial score (nSPS) is 16.2. The third-order valence-corrected chi connectivity index (χ3v) is 2.60. The molecule has 14 heavy (non-hydrogen) atoms. The summed E-state index contributed by atoms with van der Waals surface area (Å²) in [6.07, 6.45) is 6.17. The minimum atomic E-state index is 0.208. The van der Waals surface area contributed by atoms with E-state index in [0.717, 1.165) is 42.8 Å². The third-order valence-electron chi connectivity index (χ3n) is 2.60. The quantitative estimate of drug-likeness (QED) is 0.636. The average molecular weight is 190 g/mol. The Morgan fingerprint density at radius 2 is 2.14 bits per heavy atom. The van der Waals surface area contributed by atoms with Gasteiger partial charge >= 0.3 is 0 Å². The Labute approximate surface area is 83.6 Å². The van der Waals surface area contributed by atoms with Crippen LogP contribution >= 0.6 is 0 Å². The van der Waals surface area contributed by atoms with Gasteiger partial charge in [0.25, 0.3) is 0 Å². The van der Waals surface area contributed by atoms with Crippen molar-refractivity contribution >= 4 is 5.78 Å². The first-order valence-corrected chi connectivity index (χ1v) is 5.19. The van der Waals surface area contributed by atoms with Crippen molar-refractivity contribution in [1.82, 2.24) is 9.97 Å². The molecule has 0 aromatic carbocycles. The fraction of sp³-hybridized carbons (Fsp3) is 0.545.